The standard InChI is InChI=1S/C20H19ClN4O3S2/c21-17-8-7-16(30-17)19-25-15(11-29-19)18(26)23-12-3-5-13(6-4-12)24-20(27)22-10-14-2-1-9-28-14/h3-8,11,14H,1-2,9-10H2,(H,23,26)(H2,22,24,27). The molecular formula is C20H19ClN4O3S2. The van der Waals surface area contributed by atoms with E-state index in [0.717, 1.165) is 29.3 Å². The normalized spacial score (nSPS) is 15.7. The van der Waals surface area contributed by atoms with Gasteiger partial charge in [-0.05, 0) is 49.2 Å². The van der Waals surface area contributed by atoms with Crippen LogP contribution < -0.4 is 16.0 Å². The molecule has 2 aromatic heterocycles. The van der Waals surface area contributed by atoms with E-state index in [1.807, 2.05) is 6.07 Å². The molecule has 0 bridgehead atoms. The van der Waals surface area contributed by atoms with Gasteiger partial charge in [-0.2, -0.15) is 0 Å². The van der Waals surface area contributed by atoms with Crippen molar-refractivity contribution in [3.8, 4) is 9.88 Å². The number of hydrogen-bond acceptors (Lipinski definition) is 6. The molecule has 1 aliphatic heterocycles. The van der Waals surface area contributed by atoms with Crippen molar-refractivity contribution in [2.75, 3.05) is 23.8 Å². The zero-order chi connectivity index (χ0) is 20.9. The Kier molecular flexibility index (Phi) is 6.63. The molecule has 1 aliphatic rings. The van der Waals surface area contributed by atoms with Gasteiger partial charge in [0, 0.05) is 29.9 Å². The van der Waals surface area contributed by atoms with E-state index < -0.39 is 0 Å². The number of benzene rings is 1. The van der Waals surface area contributed by atoms with Crippen LogP contribution in [0.25, 0.3) is 9.88 Å². The number of ether oxygens (including phenoxy) is 1. The Morgan fingerprint density at radius 3 is 2.57 bits per heavy atom. The molecule has 3 amide bonds. The topological polar surface area (TPSA) is 92.4 Å². The minimum absolute atomic E-state index is 0.0939. The predicted molar refractivity (Wildman–Crippen MR) is 121 cm³/mol. The van der Waals surface area contributed by atoms with Crippen molar-refractivity contribution in [3.63, 3.8) is 0 Å². The number of hydrogen-bond donors (Lipinski definition) is 3. The molecule has 0 radical (unpaired) electrons. The van der Waals surface area contributed by atoms with Crippen LogP contribution >= 0.6 is 34.3 Å². The number of thiazole rings is 1. The third-order valence-corrected chi connectivity index (χ3v) is 6.68. The number of aromatic nitrogens is 1. The van der Waals surface area contributed by atoms with Crippen molar-refractivity contribution in [1.29, 1.82) is 0 Å². The van der Waals surface area contributed by atoms with E-state index in [-0.39, 0.29) is 18.0 Å². The molecule has 0 spiro atoms. The lowest BCUT2D eigenvalue weighted by molar-refractivity contribution is 0.102. The Labute approximate surface area is 186 Å². The van der Waals surface area contributed by atoms with Gasteiger partial charge in [0.25, 0.3) is 5.91 Å². The SMILES string of the molecule is O=C(NCC1CCCO1)Nc1ccc(NC(=O)c2csc(-c3ccc(Cl)s3)n2)cc1. The minimum Gasteiger partial charge on any atom is -0.376 e. The van der Waals surface area contributed by atoms with Crippen LogP contribution in [0.2, 0.25) is 4.34 Å². The molecule has 156 valence electrons. The summed E-state index contributed by atoms with van der Waals surface area (Å²) in [6.45, 7) is 1.25. The van der Waals surface area contributed by atoms with Crippen molar-refractivity contribution in [2.45, 2.75) is 18.9 Å². The lowest BCUT2D eigenvalue weighted by atomic mass is 10.2. The molecule has 1 aromatic carbocycles. The highest BCUT2D eigenvalue weighted by molar-refractivity contribution is 7.23. The van der Waals surface area contributed by atoms with Gasteiger partial charge in [-0.1, -0.05) is 11.6 Å². The number of nitrogens with one attached hydrogen (secondary N) is 3. The van der Waals surface area contributed by atoms with Crippen molar-refractivity contribution >= 4 is 57.6 Å². The van der Waals surface area contributed by atoms with Crippen LogP contribution in [0, 0.1) is 0 Å². The van der Waals surface area contributed by atoms with Crippen molar-refractivity contribution in [3.05, 3.63) is 51.8 Å². The molecule has 1 unspecified atom stereocenters. The first-order valence-corrected chi connectivity index (χ1v) is 11.4. The first-order valence-electron chi connectivity index (χ1n) is 9.36. The minimum atomic E-state index is -0.296. The number of carbonyl (C=O) groups is 2. The van der Waals surface area contributed by atoms with Gasteiger partial charge < -0.3 is 20.7 Å². The van der Waals surface area contributed by atoms with Gasteiger partial charge >= 0.3 is 6.03 Å². The third-order valence-electron chi connectivity index (χ3n) is 4.44. The summed E-state index contributed by atoms with van der Waals surface area (Å²) in [5.41, 5.74) is 1.58. The summed E-state index contributed by atoms with van der Waals surface area (Å²) >= 11 is 8.77. The zero-order valence-electron chi connectivity index (χ0n) is 15.8. The largest absolute Gasteiger partial charge is 0.376 e. The van der Waals surface area contributed by atoms with Gasteiger partial charge in [0.05, 0.1) is 15.3 Å². The fourth-order valence-electron chi connectivity index (χ4n) is 2.94. The van der Waals surface area contributed by atoms with Crippen LogP contribution in [-0.4, -0.2) is 36.2 Å². The highest BCUT2D eigenvalue weighted by atomic mass is 35.5. The molecule has 0 aliphatic carbocycles. The fourth-order valence-corrected chi connectivity index (χ4v) is 4.85. The maximum Gasteiger partial charge on any atom is 0.319 e. The maximum absolute atomic E-state index is 12.5. The van der Waals surface area contributed by atoms with E-state index in [1.54, 1.807) is 35.7 Å². The predicted octanol–water partition coefficient (Wildman–Crippen LogP) is 5.08. The van der Waals surface area contributed by atoms with Crippen LogP contribution in [0.5, 0.6) is 0 Å². The molecule has 3 N–H and O–H groups in total. The summed E-state index contributed by atoms with van der Waals surface area (Å²) < 4.78 is 6.16. The number of rotatable bonds is 6. The van der Waals surface area contributed by atoms with Gasteiger partial charge in [-0.3, -0.25) is 4.79 Å². The molecule has 1 saturated heterocycles. The van der Waals surface area contributed by atoms with Crippen LogP contribution in [-0.2, 0) is 4.74 Å². The first kappa shape index (κ1) is 20.8. The molecule has 3 aromatic rings. The smallest absolute Gasteiger partial charge is 0.319 e. The van der Waals surface area contributed by atoms with E-state index in [1.165, 1.54) is 22.7 Å². The Balaban J connectivity index is 1.29. The quantitative estimate of drug-likeness (QED) is 0.476. The van der Waals surface area contributed by atoms with E-state index in [0.29, 0.717) is 27.9 Å². The summed E-state index contributed by atoms with van der Waals surface area (Å²) in [5, 5.41) is 10.8. The van der Waals surface area contributed by atoms with Crippen LogP contribution in [0.1, 0.15) is 23.3 Å². The summed E-state index contributed by atoms with van der Waals surface area (Å²) in [4.78, 5) is 29.7. The molecule has 10 heteroatoms. The highest BCUT2D eigenvalue weighted by Crippen LogP contribution is 2.33. The van der Waals surface area contributed by atoms with Gasteiger partial charge in [0.2, 0.25) is 0 Å². The third kappa shape index (κ3) is 5.37. The lowest BCUT2D eigenvalue weighted by Crippen LogP contribution is -2.35. The summed E-state index contributed by atoms with van der Waals surface area (Å²) in [7, 11) is 0. The van der Waals surface area contributed by atoms with E-state index >= 15 is 0 Å². The number of nitrogens with zero attached hydrogens (tertiary/aromatic N) is 1. The number of anilines is 2. The number of amides is 3. The summed E-state index contributed by atoms with van der Waals surface area (Å²) in [6, 6.07) is 10.3. The number of thiophene rings is 1. The monoisotopic (exact) mass is 462 g/mol. The molecule has 7 nitrogen and oxygen atoms in total. The molecule has 3 heterocycles. The Morgan fingerprint density at radius 1 is 1.13 bits per heavy atom. The highest BCUT2D eigenvalue weighted by Gasteiger charge is 2.16. The second-order valence-corrected chi connectivity index (χ2v) is 9.22. The van der Waals surface area contributed by atoms with Crippen molar-refractivity contribution in [2.24, 2.45) is 0 Å². The number of halogens is 1. The molecule has 1 atom stereocenters. The Bertz CT molecular complexity index is 1030. The van der Waals surface area contributed by atoms with E-state index in [4.69, 9.17) is 16.3 Å². The van der Waals surface area contributed by atoms with E-state index in [2.05, 4.69) is 20.9 Å². The summed E-state index contributed by atoms with van der Waals surface area (Å²) in [6.07, 6.45) is 2.10. The van der Waals surface area contributed by atoms with Crippen LogP contribution in [0.3, 0.4) is 0 Å². The van der Waals surface area contributed by atoms with Gasteiger partial charge in [0.1, 0.15) is 10.7 Å². The van der Waals surface area contributed by atoms with E-state index in [9.17, 15) is 9.59 Å². The number of urea groups is 1. The van der Waals surface area contributed by atoms with Gasteiger partial charge in [0.15, 0.2) is 0 Å². The second kappa shape index (κ2) is 9.57. The lowest BCUT2D eigenvalue weighted by Gasteiger charge is -2.12. The van der Waals surface area contributed by atoms with Gasteiger partial charge in [-0.15, -0.1) is 22.7 Å². The maximum atomic E-state index is 12.5. The van der Waals surface area contributed by atoms with Crippen LogP contribution in [0.15, 0.2) is 41.8 Å². The summed E-state index contributed by atoms with van der Waals surface area (Å²) in [5.74, 6) is -0.296. The van der Waals surface area contributed by atoms with Crippen molar-refractivity contribution < 1.29 is 14.3 Å². The number of carbonyl (C=O) groups excluding carboxylic acids is 2. The average Bonchev–Trinajstić information content (AvgIpc) is 3.49. The second-order valence-electron chi connectivity index (χ2n) is 6.64. The zero-order valence-corrected chi connectivity index (χ0v) is 18.2. The molecular weight excluding hydrogens is 444 g/mol. The Morgan fingerprint density at radius 2 is 1.90 bits per heavy atom. The van der Waals surface area contributed by atoms with Crippen molar-refractivity contribution in [1.82, 2.24) is 10.3 Å². The Hall–Kier alpha value is -2.46. The van der Waals surface area contributed by atoms with Gasteiger partial charge in [-0.25, -0.2) is 9.78 Å². The average molecular weight is 463 g/mol. The molecule has 4 rings (SSSR count). The molecule has 1 fully saturated rings. The molecule has 30 heavy (non-hydrogen) atoms. The van der Waals surface area contributed by atoms with Crippen LogP contribution in [0.4, 0.5) is 16.2 Å². The fraction of sp³-hybridized carbons (Fsp3) is 0.250. The first-order chi connectivity index (χ1) is 14.6. The molecule has 0 saturated carbocycles.